The minimum absolute atomic E-state index is 0.182. The minimum atomic E-state index is -0.802. The van der Waals surface area contributed by atoms with Crippen LogP contribution in [-0.2, 0) is 14.3 Å². The third kappa shape index (κ3) is 7.24. The Kier molecular flexibility index (Phi) is 9.48. The first kappa shape index (κ1) is 28.5. The molecule has 0 bridgehead atoms. The molecule has 2 aliphatic heterocycles. The number of halogens is 1. The summed E-state index contributed by atoms with van der Waals surface area (Å²) in [6, 6.07) is 4.55. The highest BCUT2D eigenvalue weighted by atomic mass is 19.1. The second-order valence-electron chi connectivity index (χ2n) is 11.9. The summed E-state index contributed by atoms with van der Waals surface area (Å²) in [5.74, 6) is 0.00249. The molecule has 6 heteroatoms. The maximum atomic E-state index is 15.7. The number of rotatable bonds is 5. The number of pyridine rings is 1. The van der Waals surface area contributed by atoms with Gasteiger partial charge in [-0.05, 0) is 56.7 Å². The topological polar surface area (TPSA) is 71.6 Å². The van der Waals surface area contributed by atoms with Gasteiger partial charge in [0.15, 0.2) is 0 Å². The van der Waals surface area contributed by atoms with Crippen molar-refractivity contribution in [3.8, 4) is 0 Å². The fourth-order valence-corrected chi connectivity index (χ4v) is 5.55. The SMILES string of the molecule is CCCCC12CC(C(F)=Cc3ccccn3)NC(=O)CCC(C)(C)C(=O)CCC(C)CCCC1(C)O2. The molecule has 0 aromatic carbocycles. The van der Waals surface area contributed by atoms with E-state index in [-0.39, 0.29) is 23.7 Å². The van der Waals surface area contributed by atoms with Gasteiger partial charge in [-0.3, -0.25) is 14.6 Å². The highest BCUT2D eigenvalue weighted by Crippen LogP contribution is 2.57. The largest absolute Gasteiger partial charge is 0.363 e. The fourth-order valence-electron chi connectivity index (χ4n) is 5.55. The number of epoxide rings is 1. The quantitative estimate of drug-likeness (QED) is 0.444. The molecule has 0 spiro atoms. The first-order chi connectivity index (χ1) is 17.0. The maximum absolute atomic E-state index is 15.7. The van der Waals surface area contributed by atoms with Gasteiger partial charge in [0, 0.05) is 30.9 Å². The van der Waals surface area contributed by atoms with Crippen LogP contribution >= 0.6 is 0 Å². The molecule has 0 aliphatic carbocycles. The van der Waals surface area contributed by atoms with Crippen molar-refractivity contribution >= 4 is 17.8 Å². The molecule has 1 aromatic rings. The monoisotopic (exact) mass is 500 g/mol. The van der Waals surface area contributed by atoms with Crippen LogP contribution in [0, 0.1) is 11.3 Å². The third-order valence-corrected chi connectivity index (χ3v) is 8.40. The van der Waals surface area contributed by atoms with E-state index in [1.54, 1.807) is 18.3 Å². The Morgan fingerprint density at radius 2 is 1.97 bits per heavy atom. The van der Waals surface area contributed by atoms with Crippen LogP contribution in [0.1, 0.15) is 111 Å². The van der Waals surface area contributed by atoms with Gasteiger partial charge < -0.3 is 10.1 Å². The molecule has 1 N–H and O–H groups in total. The number of nitrogens with zero attached hydrogens (tertiary/aromatic N) is 1. The average molecular weight is 501 g/mol. The molecule has 0 radical (unpaired) electrons. The van der Waals surface area contributed by atoms with Crippen LogP contribution in [0.15, 0.2) is 30.2 Å². The van der Waals surface area contributed by atoms with Gasteiger partial charge in [-0.15, -0.1) is 0 Å². The van der Waals surface area contributed by atoms with E-state index in [4.69, 9.17) is 4.74 Å². The van der Waals surface area contributed by atoms with Crippen molar-refractivity contribution in [1.82, 2.24) is 10.3 Å². The van der Waals surface area contributed by atoms with E-state index in [1.807, 2.05) is 19.9 Å². The van der Waals surface area contributed by atoms with Crippen LogP contribution in [0.3, 0.4) is 0 Å². The number of unbranched alkanes of at least 4 members (excludes halogenated alkanes) is 1. The van der Waals surface area contributed by atoms with E-state index >= 15 is 4.39 Å². The van der Waals surface area contributed by atoms with Crippen LogP contribution in [-0.4, -0.2) is 33.9 Å². The van der Waals surface area contributed by atoms with Crippen LogP contribution in [0.25, 0.3) is 6.08 Å². The lowest BCUT2D eigenvalue weighted by atomic mass is 9.78. The first-order valence-corrected chi connectivity index (χ1v) is 13.8. The zero-order valence-electron chi connectivity index (χ0n) is 22.9. The van der Waals surface area contributed by atoms with Crippen molar-refractivity contribution in [2.45, 2.75) is 122 Å². The Morgan fingerprint density at radius 1 is 1.19 bits per heavy atom. The predicted molar refractivity (Wildman–Crippen MR) is 142 cm³/mol. The zero-order valence-corrected chi connectivity index (χ0v) is 22.9. The van der Waals surface area contributed by atoms with Gasteiger partial charge in [-0.1, -0.05) is 59.4 Å². The number of carbonyl (C=O) groups excluding carboxylic acids is 2. The molecular formula is C30H45FN2O3. The molecule has 1 amide bonds. The van der Waals surface area contributed by atoms with Crippen molar-refractivity contribution in [3.63, 3.8) is 0 Å². The Bertz CT molecular complexity index is 931. The molecule has 2 fully saturated rings. The van der Waals surface area contributed by atoms with Crippen molar-refractivity contribution < 1.29 is 18.7 Å². The van der Waals surface area contributed by atoms with Gasteiger partial charge in [-0.2, -0.15) is 0 Å². The lowest BCUT2D eigenvalue weighted by molar-refractivity contribution is -0.128. The Hall–Kier alpha value is -2.08. The van der Waals surface area contributed by atoms with Gasteiger partial charge in [0.05, 0.1) is 17.3 Å². The predicted octanol–water partition coefficient (Wildman–Crippen LogP) is 6.96. The molecule has 3 heterocycles. The summed E-state index contributed by atoms with van der Waals surface area (Å²) < 4.78 is 22.2. The number of Topliss-reactive ketones (excluding diaryl/α,β-unsaturated/α-hetero) is 1. The minimum Gasteiger partial charge on any atom is -0.363 e. The van der Waals surface area contributed by atoms with E-state index in [0.29, 0.717) is 30.9 Å². The molecule has 4 unspecified atom stereocenters. The molecule has 2 aliphatic rings. The number of carbonyl (C=O) groups is 2. The number of amides is 1. The van der Waals surface area contributed by atoms with Gasteiger partial charge >= 0.3 is 0 Å². The summed E-state index contributed by atoms with van der Waals surface area (Å²) in [4.78, 5) is 30.1. The smallest absolute Gasteiger partial charge is 0.220 e. The Morgan fingerprint density at radius 3 is 2.67 bits per heavy atom. The summed E-state index contributed by atoms with van der Waals surface area (Å²) in [5.41, 5.74) is -0.845. The number of aromatic nitrogens is 1. The lowest BCUT2D eigenvalue weighted by Gasteiger charge is -2.27. The molecule has 200 valence electrons. The average Bonchev–Trinajstić information content (AvgIpc) is 3.42. The van der Waals surface area contributed by atoms with Gasteiger partial charge in [0.25, 0.3) is 0 Å². The third-order valence-electron chi connectivity index (χ3n) is 8.40. The van der Waals surface area contributed by atoms with E-state index in [9.17, 15) is 9.59 Å². The number of fused-ring (bicyclic) bond motifs is 1. The molecule has 4 atom stereocenters. The number of ketones is 1. The molecule has 36 heavy (non-hydrogen) atoms. The second kappa shape index (κ2) is 12.0. The van der Waals surface area contributed by atoms with E-state index in [1.165, 1.54) is 6.08 Å². The number of nitrogens with one attached hydrogen (secondary N) is 1. The van der Waals surface area contributed by atoms with Crippen LogP contribution in [0.4, 0.5) is 4.39 Å². The van der Waals surface area contributed by atoms with E-state index in [0.717, 1.165) is 44.9 Å². The van der Waals surface area contributed by atoms with Crippen molar-refractivity contribution in [2.24, 2.45) is 11.3 Å². The normalized spacial score (nSPS) is 32.4. The summed E-state index contributed by atoms with van der Waals surface area (Å²) in [6.45, 7) is 10.3. The number of ether oxygens (including phenoxy) is 1. The molecule has 5 nitrogen and oxygen atoms in total. The molecular weight excluding hydrogens is 455 g/mol. The highest BCUT2D eigenvalue weighted by molar-refractivity contribution is 5.85. The Balaban J connectivity index is 1.89. The van der Waals surface area contributed by atoms with E-state index < -0.39 is 22.9 Å². The first-order valence-electron chi connectivity index (χ1n) is 13.8. The summed E-state index contributed by atoms with van der Waals surface area (Å²) in [6.07, 6.45) is 11.3. The molecule has 3 rings (SSSR count). The van der Waals surface area contributed by atoms with Crippen LogP contribution in [0.5, 0.6) is 0 Å². The highest BCUT2D eigenvalue weighted by Gasteiger charge is 2.65. The fraction of sp³-hybridized carbons (Fsp3) is 0.700. The standard InChI is InChI=1S/C30H45FN2O3/c1-6-7-17-30-21-25(24(31)20-23-12-8-9-19-32-23)33-27(35)15-18-28(3,4)26(34)14-13-22(2)11-10-16-29(30,5)36-30/h8-9,12,19-20,22,25H,6-7,10-11,13-18,21H2,1-5H3,(H,33,35). The summed E-state index contributed by atoms with van der Waals surface area (Å²) >= 11 is 0. The van der Waals surface area contributed by atoms with E-state index in [2.05, 4.69) is 31.1 Å². The van der Waals surface area contributed by atoms with Gasteiger partial charge in [0.1, 0.15) is 17.2 Å². The zero-order chi connectivity index (χ0) is 26.4. The lowest BCUT2D eigenvalue weighted by Crippen LogP contribution is -2.41. The van der Waals surface area contributed by atoms with Crippen molar-refractivity contribution in [2.75, 3.05) is 0 Å². The van der Waals surface area contributed by atoms with Gasteiger partial charge in [-0.25, -0.2) is 4.39 Å². The molecule has 0 saturated carbocycles. The van der Waals surface area contributed by atoms with Crippen molar-refractivity contribution in [3.05, 3.63) is 35.9 Å². The van der Waals surface area contributed by atoms with Crippen molar-refractivity contribution in [1.29, 1.82) is 0 Å². The number of hydrogen-bond acceptors (Lipinski definition) is 4. The molecule has 2 saturated heterocycles. The van der Waals surface area contributed by atoms with Crippen LogP contribution in [0.2, 0.25) is 0 Å². The number of hydrogen-bond donors (Lipinski definition) is 1. The maximum Gasteiger partial charge on any atom is 0.220 e. The Labute approximate surface area is 216 Å². The second-order valence-corrected chi connectivity index (χ2v) is 11.9. The van der Waals surface area contributed by atoms with Gasteiger partial charge in [0.2, 0.25) is 5.91 Å². The van der Waals surface area contributed by atoms with Crippen LogP contribution < -0.4 is 5.32 Å². The summed E-state index contributed by atoms with van der Waals surface area (Å²) in [5, 5.41) is 2.95. The molecule has 1 aromatic heterocycles. The summed E-state index contributed by atoms with van der Waals surface area (Å²) in [7, 11) is 0.